The number of rotatable bonds is 3. The second-order valence-corrected chi connectivity index (χ2v) is 4.93. The molecule has 0 bridgehead atoms. The standard InChI is InChI=1S/C18H14N2O2/c1-2-11-19-17(21)12-20-15-9-5-3-7-13(15)18(22)14-8-4-6-10-16(14)20/h1,3-10H,11-12H2,(H,19,21). The zero-order valence-electron chi connectivity index (χ0n) is 11.9. The van der Waals surface area contributed by atoms with Crippen LogP contribution in [0.25, 0.3) is 21.8 Å². The average molecular weight is 290 g/mol. The zero-order valence-corrected chi connectivity index (χ0v) is 11.9. The second-order valence-electron chi connectivity index (χ2n) is 4.93. The molecule has 4 nitrogen and oxygen atoms in total. The number of benzene rings is 2. The zero-order chi connectivity index (χ0) is 15.5. The fraction of sp³-hybridized carbons (Fsp3) is 0.111. The topological polar surface area (TPSA) is 51.1 Å². The minimum atomic E-state index is -0.183. The van der Waals surface area contributed by atoms with E-state index in [0.717, 1.165) is 11.0 Å². The van der Waals surface area contributed by atoms with E-state index in [9.17, 15) is 9.59 Å². The van der Waals surface area contributed by atoms with Gasteiger partial charge in [0.15, 0.2) is 5.43 Å². The molecule has 0 spiro atoms. The summed E-state index contributed by atoms with van der Waals surface area (Å²) < 4.78 is 1.85. The Morgan fingerprint density at radius 2 is 1.59 bits per heavy atom. The van der Waals surface area contributed by atoms with Gasteiger partial charge in [-0.2, -0.15) is 0 Å². The number of carbonyl (C=O) groups is 1. The quantitative estimate of drug-likeness (QED) is 0.592. The molecule has 22 heavy (non-hydrogen) atoms. The number of pyridine rings is 1. The molecule has 0 atom stereocenters. The van der Waals surface area contributed by atoms with Crippen LogP contribution in [0.3, 0.4) is 0 Å². The number of amides is 1. The van der Waals surface area contributed by atoms with Crippen LogP contribution in [0.15, 0.2) is 53.3 Å². The fourth-order valence-corrected chi connectivity index (χ4v) is 2.60. The smallest absolute Gasteiger partial charge is 0.240 e. The lowest BCUT2D eigenvalue weighted by atomic mass is 10.1. The number of fused-ring (bicyclic) bond motifs is 2. The summed E-state index contributed by atoms with van der Waals surface area (Å²) in [5.41, 5.74) is 1.45. The lowest BCUT2D eigenvalue weighted by Crippen LogP contribution is -2.28. The molecule has 1 aromatic heterocycles. The number of hydrogen-bond acceptors (Lipinski definition) is 2. The molecule has 1 amide bonds. The summed E-state index contributed by atoms with van der Waals surface area (Å²) in [4.78, 5) is 24.6. The van der Waals surface area contributed by atoms with Gasteiger partial charge in [-0.15, -0.1) is 6.42 Å². The number of aromatic nitrogens is 1. The Morgan fingerprint density at radius 1 is 1.05 bits per heavy atom. The normalized spacial score (nSPS) is 10.5. The fourth-order valence-electron chi connectivity index (χ4n) is 2.60. The molecule has 3 rings (SSSR count). The number of nitrogens with one attached hydrogen (secondary N) is 1. The van der Waals surface area contributed by atoms with E-state index in [1.54, 1.807) is 12.1 Å². The van der Waals surface area contributed by atoms with Gasteiger partial charge in [-0.05, 0) is 24.3 Å². The summed E-state index contributed by atoms with van der Waals surface area (Å²) in [6, 6.07) is 14.6. The van der Waals surface area contributed by atoms with Gasteiger partial charge in [0.2, 0.25) is 5.91 Å². The third-order valence-corrected chi connectivity index (χ3v) is 3.57. The highest BCUT2D eigenvalue weighted by atomic mass is 16.2. The highest BCUT2D eigenvalue weighted by Gasteiger charge is 2.12. The van der Waals surface area contributed by atoms with Crippen molar-refractivity contribution in [1.82, 2.24) is 9.88 Å². The molecule has 4 heteroatoms. The SMILES string of the molecule is C#CCNC(=O)Cn1c2ccccc2c(=O)c2ccccc21. The monoisotopic (exact) mass is 290 g/mol. The van der Waals surface area contributed by atoms with E-state index in [2.05, 4.69) is 11.2 Å². The van der Waals surface area contributed by atoms with Crippen molar-refractivity contribution in [2.24, 2.45) is 0 Å². The number of para-hydroxylation sites is 2. The Hall–Kier alpha value is -3.06. The Labute approximate surface area is 127 Å². The molecule has 0 unspecified atom stereocenters. The van der Waals surface area contributed by atoms with E-state index in [0.29, 0.717) is 10.8 Å². The first-order valence-corrected chi connectivity index (χ1v) is 6.93. The van der Waals surface area contributed by atoms with Gasteiger partial charge in [0, 0.05) is 10.8 Å². The van der Waals surface area contributed by atoms with Crippen LogP contribution in [0.2, 0.25) is 0 Å². The van der Waals surface area contributed by atoms with Gasteiger partial charge in [-0.3, -0.25) is 9.59 Å². The summed E-state index contributed by atoms with van der Waals surface area (Å²) in [5.74, 6) is 2.19. The highest BCUT2D eigenvalue weighted by molar-refractivity contribution is 5.94. The maximum atomic E-state index is 12.6. The Bertz CT molecular complexity index is 904. The van der Waals surface area contributed by atoms with Gasteiger partial charge in [0.05, 0.1) is 17.6 Å². The lowest BCUT2D eigenvalue weighted by Gasteiger charge is -2.14. The highest BCUT2D eigenvalue weighted by Crippen LogP contribution is 2.18. The van der Waals surface area contributed by atoms with Crippen molar-refractivity contribution < 1.29 is 4.79 Å². The van der Waals surface area contributed by atoms with Crippen LogP contribution < -0.4 is 10.7 Å². The molecule has 0 radical (unpaired) electrons. The van der Waals surface area contributed by atoms with Crippen molar-refractivity contribution in [3.63, 3.8) is 0 Å². The van der Waals surface area contributed by atoms with Crippen molar-refractivity contribution >= 4 is 27.7 Å². The van der Waals surface area contributed by atoms with Crippen LogP contribution in [-0.4, -0.2) is 17.0 Å². The molecule has 0 fully saturated rings. The van der Waals surface area contributed by atoms with Gasteiger partial charge in [-0.1, -0.05) is 30.2 Å². The van der Waals surface area contributed by atoms with E-state index in [-0.39, 0.29) is 24.4 Å². The van der Waals surface area contributed by atoms with Gasteiger partial charge in [-0.25, -0.2) is 0 Å². The summed E-state index contributed by atoms with van der Waals surface area (Å²) in [7, 11) is 0. The van der Waals surface area contributed by atoms with E-state index in [4.69, 9.17) is 6.42 Å². The molecular formula is C18H14N2O2. The summed E-state index contributed by atoms with van der Waals surface area (Å²) in [5, 5.41) is 3.86. The molecule has 0 aliphatic heterocycles. The van der Waals surface area contributed by atoms with Gasteiger partial charge in [0.1, 0.15) is 6.54 Å². The van der Waals surface area contributed by atoms with Crippen molar-refractivity contribution in [2.45, 2.75) is 6.54 Å². The molecule has 0 aliphatic rings. The van der Waals surface area contributed by atoms with E-state index in [1.807, 2.05) is 41.0 Å². The predicted octanol–water partition coefficient (Wildman–Crippen LogP) is 1.90. The van der Waals surface area contributed by atoms with Crippen LogP contribution >= 0.6 is 0 Å². The van der Waals surface area contributed by atoms with E-state index < -0.39 is 0 Å². The van der Waals surface area contributed by atoms with Crippen molar-refractivity contribution in [3.05, 3.63) is 58.8 Å². The Kier molecular flexibility index (Phi) is 3.63. The van der Waals surface area contributed by atoms with Gasteiger partial charge in [0.25, 0.3) is 0 Å². The molecule has 0 saturated carbocycles. The van der Waals surface area contributed by atoms with Crippen molar-refractivity contribution in [1.29, 1.82) is 0 Å². The minimum Gasteiger partial charge on any atom is -0.344 e. The number of terminal acetylenes is 1. The first-order valence-electron chi connectivity index (χ1n) is 6.93. The molecular weight excluding hydrogens is 276 g/mol. The third-order valence-electron chi connectivity index (χ3n) is 3.57. The summed E-state index contributed by atoms with van der Waals surface area (Å²) in [6.07, 6.45) is 5.16. The predicted molar refractivity (Wildman–Crippen MR) is 87.6 cm³/mol. The molecule has 108 valence electrons. The first-order chi connectivity index (χ1) is 10.7. The van der Waals surface area contributed by atoms with Crippen LogP contribution in [0.1, 0.15) is 0 Å². The average Bonchev–Trinajstić information content (AvgIpc) is 2.57. The van der Waals surface area contributed by atoms with Crippen LogP contribution in [-0.2, 0) is 11.3 Å². The first kappa shape index (κ1) is 13.9. The summed E-state index contributed by atoms with van der Waals surface area (Å²) in [6.45, 7) is 0.303. The number of nitrogens with zero attached hydrogens (tertiary/aromatic N) is 1. The van der Waals surface area contributed by atoms with Gasteiger partial charge < -0.3 is 9.88 Å². The molecule has 2 aromatic carbocycles. The molecule has 3 aromatic rings. The maximum Gasteiger partial charge on any atom is 0.240 e. The third kappa shape index (κ3) is 2.33. The number of carbonyl (C=O) groups excluding carboxylic acids is 1. The largest absolute Gasteiger partial charge is 0.344 e. The molecule has 1 heterocycles. The van der Waals surface area contributed by atoms with E-state index in [1.165, 1.54) is 0 Å². The lowest BCUT2D eigenvalue weighted by molar-refractivity contribution is -0.121. The maximum absolute atomic E-state index is 12.6. The minimum absolute atomic E-state index is 0.0218. The van der Waals surface area contributed by atoms with Crippen molar-refractivity contribution in [2.75, 3.05) is 6.54 Å². The van der Waals surface area contributed by atoms with E-state index >= 15 is 0 Å². The molecule has 0 aliphatic carbocycles. The van der Waals surface area contributed by atoms with Crippen LogP contribution in [0.4, 0.5) is 0 Å². The Morgan fingerprint density at radius 3 is 2.14 bits per heavy atom. The second kappa shape index (κ2) is 5.74. The molecule has 0 saturated heterocycles. The van der Waals surface area contributed by atoms with Crippen LogP contribution in [0, 0.1) is 12.3 Å². The number of hydrogen-bond donors (Lipinski definition) is 1. The molecule has 1 N–H and O–H groups in total. The van der Waals surface area contributed by atoms with Crippen LogP contribution in [0.5, 0.6) is 0 Å². The summed E-state index contributed by atoms with van der Waals surface area (Å²) >= 11 is 0. The Balaban J connectivity index is 2.26. The van der Waals surface area contributed by atoms with Gasteiger partial charge >= 0.3 is 0 Å². The van der Waals surface area contributed by atoms with Crippen molar-refractivity contribution in [3.8, 4) is 12.3 Å².